The highest BCUT2D eigenvalue weighted by Crippen LogP contribution is 2.19. The Labute approximate surface area is 116 Å². The molecule has 2 aromatic carbocycles. The minimum absolute atomic E-state index is 0.951. The highest BCUT2D eigenvalue weighted by molar-refractivity contribution is 7.03. The van der Waals surface area contributed by atoms with E-state index < -0.39 is 0 Å². The first-order valence-corrected chi connectivity index (χ1v) is 7.07. The van der Waals surface area contributed by atoms with Crippen molar-refractivity contribution in [1.29, 1.82) is 0 Å². The third kappa shape index (κ3) is 2.88. The fourth-order valence-electron chi connectivity index (χ4n) is 2.03. The average molecular weight is 266 g/mol. The molecule has 3 aromatic rings. The van der Waals surface area contributed by atoms with Crippen LogP contribution < -0.4 is 0 Å². The van der Waals surface area contributed by atoms with E-state index in [9.17, 15) is 0 Å². The van der Waals surface area contributed by atoms with Gasteiger partial charge in [-0.15, -0.1) is 5.10 Å². The van der Waals surface area contributed by atoms with Crippen LogP contribution in [0.2, 0.25) is 0 Å². The molecule has 0 saturated heterocycles. The van der Waals surface area contributed by atoms with Crippen LogP contribution in [0.15, 0.2) is 53.9 Å². The molecule has 0 aliphatic rings. The molecular formula is C16H14N2S. The lowest BCUT2D eigenvalue weighted by molar-refractivity contribution is 1.15. The van der Waals surface area contributed by atoms with Gasteiger partial charge in [-0.25, -0.2) is 0 Å². The summed E-state index contributed by atoms with van der Waals surface area (Å²) in [6.07, 6.45) is 0.968. The quantitative estimate of drug-likeness (QED) is 0.713. The first-order chi connectivity index (χ1) is 9.31. The van der Waals surface area contributed by atoms with Gasteiger partial charge >= 0.3 is 0 Å². The van der Waals surface area contributed by atoms with Gasteiger partial charge in [-0.2, -0.15) is 0 Å². The Morgan fingerprint density at radius 1 is 0.895 bits per heavy atom. The number of nitrogens with zero attached hydrogens (tertiary/aromatic N) is 2. The summed E-state index contributed by atoms with van der Waals surface area (Å²) in [7, 11) is 0. The maximum absolute atomic E-state index is 4.08. The monoisotopic (exact) mass is 266 g/mol. The number of benzene rings is 2. The van der Waals surface area contributed by atoms with Gasteiger partial charge in [-0.3, -0.25) is 0 Å². The smallest absolute Gasteiger partial charge is 0.105 e. The van der Waals surface area contributed by atoms with Gasteiger partial charge in [-0.1, -0.05) is 58.6 Å². The summed E-state index contributed by atoms with van der Waals surface area (Å²) >= 11 is 1.38. The minimum Gasteiger partial charge on any atom is -0.138 e. The molecule has 0 spiro atoms. The predicted octanol–water partition coefficient (Wildman–Crippen LogP) is 4.10. The molecular weight excluding hydrogens is 252 g/mol. The lowest BCUT2D eigenvalue weighted by atomic mass is 10.0. The van der Waals surface area contributed by atoms with E-state index in [0.29, 0.717) is 0 Å². The van der Waals surface area contributed by atoms with Crippen molar-refractivity contribution in [3.05, 3.63) is 70.6 Å². The largest absolute Gasteiger partial charge is 0.138 e. The van der Waals surface area contributed by atoms with Crippen molar-refractivity contribution in [2.75, 3.05) is 0 Å². The van der Waals surface area contributed by atoms with Crippen molar-refractivity contribution in [2.24, 2.45) is 0 Å². The second-order valence-corrected chi connectivity index (χ2v) is 5.26. The molecule has 0 unspecified atom stereocenters. The molecule has 3 heteroatoms. The van der Waals surface area contributed by atoms with Crippen molar-refractivity contribution >= 4 is 11.5 Å². The lowest BCUT2D eigenvalue weighted by Gasteiger charge is -2.03. The Hall–Kier alpha value is -2.00. The van der Waals surface area contributed by atoms with E-state index >= 15 is 0 Å². The molecule has 0 aliphatic heterocycles. The lowest BCUT2D eigenvalue weighted by Crippen LogP contribution is -1.88. The van der Waals surface area contributed by atoms with Crippen LogP contribution in [0.25, 0.3) is 11.3 Å². The van der Waals surface area contributed by atoms with Crippen molar-refractivity contribution in [3.63, 3.8) is 0 Å². The Morgan fingerprint density at radius 2 is 1.53 bits per heavy atom. The van der Waals surface area contributed by atoms with E-state index in [4.69, 9.17) is 0 Å². The molecule has 0 aliphatic carbocycles. The average Bonchev–Trinajstić information content (AvgIpc) is 2.96. The molecule has 19 heavy (non-hydrogen) atoms. The molecule has 0 fully saturated rings. The molecule has 0 saturated carbocycles. The summed E-state index contributed by atoms with van der Waals surface area (Å²) in [6.45, 7) is 2.11. The summed E-state index contributed by atoms with van der Waals surface area (Å²) in [5.41, 5.74) is 6.04. The van der Waals surface area contributed by atoms with Gasteiger partial charge in [-0.05, 0) is 36.0 Å². The van der Waals surface area contributed by atoms with Gasteiger partial charge in [0.05, 0.1) is 0 Å². The van der Waals surface area contributed by atoms with E-state index in [-0.39, 0.29) is 0 Å². The summed E-state index contributed by atoms with van der Waals surface area (Å²) in [5.74, 6) is 0. The molecule has 1 aromatic heterocycles. The van der Waals surface area contributed by atoms with Gasteiger partial charge in [0.15, 0.2) is 0 Å². The number of aromatic nitrogens is 2. The van der Waals surface area contributed by atoms with Gasteiger partial charge < -0.3 is 0 Å². The maximum atomic E-state index is 4.08. The van der Waals surface area contributed by atoms with Crippen molar-refractivity contribution in [2.45, 2.75) is 13.3 Å². The van der Waals surface area contributed by atoms with Gasteiger partial charge in [0.2, 0.25) is 0 Å². The number of hydrogen-bond donors (Lipinski definition) is 0. The predicted molar refractivity (Wildman–Crippen MR) is 79.3 cm³/mol. The van der Waals surface area contributed by atoms with E-state index in [2.05, 4.69) is 65.0 Å². The van der Waals surface area contributed by atoms with Crippen molar-refractivity contribution in [3.8, 4) is 11.3 Å². The number of aryl methyl sites for hydroxylation is 1. The fourth-order valence-corrected chi connectivity index (χ4v) is 2.49. The summed E-state index contributed by atoms with van der Waals surface area (Å²) in [4.78, 5) is 0. The summed E-state index contributed by atoms with van der Waals surface area (Å²) < 4.78 is 3.89. The van der Waals surface area contributed by atoms with Gasteiger partial charge in [0.1, 0.15) is 5.69 Å². The first-order valence-electron chi connectivity index (χ1n) is 6.23. The van der Waals surface area contributed by atoms with E-state index in [1.165, 1.54) is 28.2 Å². The van der Waals surface area contributed by atoms with Crippen LogP contribution in [0.1, 0.15) is 16.7 Å². The summed E-state index contributed by atoms with van der Waals surface area (Å²) in [5, 5.41) is 6.05. The molecule has 2 nitrogen and oxygen atoms in total. The Morgan fingerprint density at radius 3 is 2.11 bits per heavy atom. The molecule has 3 rings (SSSR count). The first kappa shape index (κ1) is 12.1. The van der Waals surface area contributed by atoms with Crippen LogP contribution in [0, 0.1) is 6.92 Å². The minimum atomic E-state index is 0.951. The maximum Gasteiger partial charge on any atom is 0.105 e. The molecule has 1 heterocycles. The third-order valence-electron chi connectivity index (χ3n) is 3.14. The zero-order valence-corrected chi connectivity index (χ0v) is 11.5. The Kier molecular flexibility index (Phi) is 3.38. The highest BCUT2D eigenvalue weighted by atomic mass is 32.1. The second-order valence-electron chi connectivity index (χ2n) is 4.65. The molecule has 0 atom stereocenters. The van der Waals surface area contributed by atoms with Crippen molar-refractivity contribution in [1.82, 2.24) is 9.59 Å². The normalized spacial score (nSPS) is 10.6. The zero-order valence-electron chi connectivity index (χ0n) is 10.7. The van der Waals surface area contributed by atoms with E-state index in [1.54, 1.807) is 0 Å². The van der Waals surface area contributed by atoms with Crippen LogP contribution in [-0.4, -0.2) is 9.59 Å². The molecule has 94 valence electrons. The zero-order chi connectivity index (χ0) is 13.1. The van der Waals surface area contributed by atoms with Crippen LogP contribution in [0.4, 0.5) is 0 Å². The molecule has 0 N–H and O–H groups in total. The van der Waals surface area contributed by atoms with Gasteiger partial charge in [0.25, 0.3) is 0 Å². The fraction of sp³-hybridized carbons (Fsp3) is 0.125. The SMILES string of the molecule is Cc1ccc(Cc2ccc(-c3csnn3)cc2)cc1. The second kappa shape index (κ2) is 5.33. The number of hydrogen-bond acceptors (Lipinski definition) is 3. The third-order valence-corrected chi connectivity index (χ3v) is 3.64. The standard InChI is InChI=1S/C16H14N2S/c1-12-2-4-13(5-3-12)10-14-6-8-15(9-7-14)16-11-19-18-17-16/h2-9,11H,10H2,1H3. The van der Waals surface area contributed by atoms with Crippen LogP contribution in [-0.2, 0) is 6.42 Å². The van der Waals surface area contributed by atoms with E-state index in [1.807, 2.05) is 5.38 Å². The molecule has 0 radical (unpaired) electrons. The van der Waals surface area contributed by atoms with Crippen LogP contribution in [0.3, 0.4) is 0 Å². The molecule has 0 amide bonds. The topological polar surface area (TPSA) is 25.8 Å². The summed E-state index contributed by atoms with van der Waals surface area (Å²) in [6, 6.07) is 17.2. The van der Waals surface area contributed by atoms with Gasteiger partial charge in [0, 0.05) is 10.9 Å². The van der Waals surface area contributed by atoms with Crippen LogP contribution in [0.5, 0.6) is 0 Å². The number of rotatable bonds is 3. The highest BCUT2D eigenvalue weighted by Gasteiger charge is 2.01. The molecule has 0 bridgehead atoms. The van der Waals surface area contributed by atoms with Crippen molar-refractivity contribution < 1.29 is 0 Å². The van der Waals surface area contributed by atoms with Crippen LogP contribution >= 0.6 is 11.5 Å². The Balaban J connectivity index is 1.77. The van der Waals surface area contributed by atoms with E-state index in [0.717, 1.165) is 17.7 Å². The Bertz CT molecular complexity index is 640.